The normalized spacial score (nSPS) is 21.4. The first-order valence-electron chi connectivity index (χ1n) is 8.71. The molecule has 0 bridgehead atoms. The molecule has 1 heterocycles. The van der Waals surface area contributed by atoms with E-state index in [0.29, 0.717) is 32.0 Å². The quantitative estimate of drug-likeness (QED) is 0.874. The second-order valence-electron chi connectivity index (χ2n) is 6.77. The van der Waals surface area contributed by atoms with Crippen molar-refractivity contribution in [3.05, 3.63) is 29.6 Å². The van der Waals surface area contributed by atoms with Gasteiger partial charge in [-0.1, -0.05) is 25.3 Å². The van der Waals surface area contributed by atoms with Crippen LogP contribution < -0.4 is 10.2 Å². The fraction of sp³-hybridized carbons (Fsp3) is 0.667. The average Bonchev–Trinajstić information content (AvgIpc) is 2.56. The van der Waals surface area contributed by atoms with Crippen molar-refractivity contribution in [2.45, 2.75) is 44.2 Å². The van der Waals surface area contributed by atoms with E-state index in [1.54, 1.807) is 6.07 Å². The van der Waals surface area contributed by atoms with Crippen LogP contribution in [-0.2, 0) is 11.3 Å². The molecule has 0 atom stereocenters. The van der Waals surface area contributed by atoms with Crippen LogP contribution in [0, 0.1) is 5.82 Å². The molecule has 1 aromatic rings. The molecule has 2 aliphatic rings. The van der Waals surface area contributed by atoms with Gasteiger partial charge in [0.25, 0.3) is 0 Å². The van der Waals surface area contributed by atoms with E-state index in [1.807, 2.05) is 17.0 Å². The summed E-state index contributed by atoms with van der Waals surface area (Å²) < 4.78 is 19.6. The summed E-state index contributed by atoms with van der Waals surface area (Å²) in [4.78, 5) is 2.03. The van der Waals surface area contributed by atoms with Crippen LogP contribution >= 0.6 is 0 Å². The lowest BCUT2D eigenvalue weighted by molar-refractivity contribution is 0.00467. The Bertz CT molecular complexity index is 512. The van der Waals surface area contributed by atoms with E-state index in [2.05, 4.69) is 5.32 Å². The lowest BCUT2D eigenvalue weighted by Gasteiger charge is -2.32. The molecule has 4 nitrogen and oxygen atoms in total. The molecule has 23 heavy (non-hydrogen) atoms. The highest BCUT2D eigenvalue weighted by atomic mass is 19.1. The maximum absolute atomic E-state index is 14.3. The number of morpholine rings is 1. The van der Waals surface area contributed by atoms with E-state index >= 15 is 0 Å². The number of rotatable bonds is 5. The van der Waals surface area contributed by atoms with Crippen molar-refractivity contribution in [2.75, 3.05) is 37.7 Å². The van der Waals surface area contributed by atoms with Crippen molar-refractivity contribution in [3.8, 4) is 0 Å². The molecular weight excluding hydrogens is 295 g/mol. The van der Waals surface area contributed by atoms with Gasteiger partial charge < -0.3 is 20.1 Å². The number of halogens is 1. The van der Waals surface area contributed by atoms with Crippen LogP contribution in [0.3, 0.4) is 0 Å². The van der Waals surface area contributed by atoms with Gasteiger partial charge >= 0.3 is 0 Å². The number of ether oxygens (including phenoxy) is 1. The van der Waals surface area contributed by atoms with Crippen LogP contribution in [0.1, 0.15) is 37.7 Å². The summed E-state index contributed by atoms with van der Waals surface area (Å²) in [6.07, 6.45) is 5.15. The largest absolute Gasteiger partial charge is 0.389 e. The zero-order chi connectivity index (χ0) is 16.1. The van der Waals surface area contributed by atoms with Crippen LogP contribution in [0.15, 0.2) is 18.2 Å². The molecule has 1 saturated carbocycles. The monoisotopic (exact) mass is 322 g/mol. The van der Waals surface area contributed by atoms with E-state index in [4.69, 9.17) is 4.74 Å². The SMILES string of the molecule is OC1(CNCc2ccc(N3CCOCC3)c(F)c2)CCCCC1. The number of benzene rings is 1. The Morgan fingerprint density at radius 1 is 1.17 bits per heavy atom. The van der Waals surface area contributed by atoms with Crippen molar-refractivity contribution in [2.24, 2.45) is 0 Å². The Kier molecular flexibility index (Phi) is 5.51. The summed E-state index contributed by atoms with van der Waals surface area (Å²) in [5, 5.41) is 13.8. The predicted octanol–water partition coefficient (Wildman–Crippen LogP) is 2.45. The fourth-order valence-electron chi connectivity index (χ4n) is 3.55. The van der Waals surface area contributed by atoms with E-state index in [0.717, 1.165) is 44.3 Å². The van der Waals surface area contributed by atoms with Gasteiger partial charge in [-0.05, 0) is 30.5 Å². The lowest BCUT2D eigenvalue weighted by Crippen LogP contribution is -2.41. The summed E-state index contributed by atoms with van der Waals surface area (Å²) >= 11 is 0. The minimum Gasteiger partial charge on any atom is -0.389 e. The van der Waals surface area contributed by atoms with Crippen LogP contribution in [0.25, 0.3) is 0 Å². The minimum absolute atomic E-state index is 0.178. The number of anilines is 1. The summed E-state index contributed by atoms with van der Waals surface area (Å²) in [6.45, 7) is 3.95. The Hall–Kier alpha value is -1.17. The van der Waals surface area contributed by atoms with E-state index in [9.17, 15) is 9.50 Å². The van der Waals surface area contributed by atoms with Crippen molar-refractivity contribution in [1.29, 1.82) is 0 Å². The molecule has 0 spiro atoms. The van der Waals surface area contributed by atoms with Gasteiger partial charge in [-0.25, -0.2) is 4.39 Å². The fourth-order valence-corrected chi connectivity index (χ4v) is 3.55. The molecular formula is C18H27FN2O2. The number of nitrogens with one attached hydrogen (secondary N) is 1. The number of nitrogens with zero attached hydrogens (tertiary/aromatic N) is 1. The highest BCUT2D eigenvalue weighted by Crippen LogP contribution is 2.27. The van der Waals surface area contributed by atoms with Crippen molar-refractivity contribution < 1.29 is 14.2 Å². The minimum atomic E-state index is -0.579. The molecule has 1 aliphatic heterocycles. The van der Waals surface area contributed by atoms with Gasteiger partial charge in [-0.2, -0.15) is 0 Å². The highest BCUT2D eigenvalue weighted by molar-refractivity contribution is 5.49. The zero-order valence-electron chi connectivity index (χ0n) is 13.7. The van der Waals surface area contributed by atoms with E-state index in [1.165, 1.54) is 6.42 Å². The molecule has 1 aromatic carbocycles. The third-order valence-electron chi connectivity index (χ3n) is 4.93. The third-order valence-corrected chi connectivity index (χ3v) is 4.93. The van der Waals surface area contributed by atoms with Gasteiger partial charge in [0.1, 0.15) is 5.82 Å². The van der Waals surface area contributed by atoms with Gasteiger partial charge in [-0.3, -0.25) is 0 Å². The second kappa shape index (κ2) is 7.60. The maximum atomic E-state index is 14.3. The van der Waals surface area contributed by atoms with Crippen LogP contribution in [0.4, 0.5) is 10.1 Å². The summed E-state index contributed by atoms with van der Waals surface area (Å²) in [7, 11) is 0. The summed E-state index contributed by atoms with van der Waals surface area (Å²) in [5.41, 5.74) is 0.992. The molecule has 0 aromatic heterocycles. The molecule has 128 valence electrons. The standard InChI is InChI=1S/C18H27FN2O2/c19-16-12-15(4-5-17(16)21-8-10-23-11-9-21)13-20-14-18(22)6-2-1-3-7-18/h4-5,12,20,22H,1-3,6-11,13-14H2. The van der Waals surface area contributed by atoms with Crippen molar-refractivity contribution in [3.63, 3.8) is 0 Å². The Morgan fingerprint density at radius 2 is 1.91 bits per heavy atom. The molecule has 2 N–H and O–H groups in total. The van der Waals surface area contributed by atoms with E-state index in [-0.39, 0.29) is 5.82 Å². The molecule has 1 saturated heterocycles. The van der Waals surface area contributed by atoms with Crippen molar-refractivity contribution >= 4 is 5.69 Å². The first-order chi connectivity index (χ1) is 11.2. The first-order valence-corrected chi connectivity index (χ1v) is 8.71. The topological polar surface area (TPSA) is 44.7 Å². The molecule has 5 heteroatoms. The van der Waals surface area contributed by atoms with Crippen molar-refractivity contribution in [1.82, 2.24) is 5.32 Å². The smallest absolute Gasteiger partial charge is 0.146 e. The Balaban J connectivity index is 1.53. The zero-order valence-corrected chi connectivity index (χ0v) is 13.7. The highest BCUT2D eigenvalue weighted by Gasteiger charge is 2.28. The van der Waals surface area contributed by atoms with Crippen LogP contribution in [0.5, 0.6) is 0 Å². The summed E-state index contributed by atoms with van der Waals surface area (Å²) in [5.74, 6) is -0.178. The van der Waals surface area contributed by atoms with E-state index < -0.39 is 5.60 Å². The molecule has 1 aliphatic carbocycles. The van der Waals surface area contributed by atoms with Crippen LogP contribution in [0.2, 0.25) is 0 Å². The maximum Gasteiger partial charge on any atom is 0.146 e. The predicted molar refractivity (Wildman–Crippen MR) is 89.2 cm³/mol. The first kappa shape index (κ1) is 16.7. The lowest BCUT2D eigenvalue weighted by atomic mass is 9.85. The molecule has 0 unspecified atom stereocenters. The third kappa shape index (κ3) is 4.43. The van der Waals surface area contributed by atoms with Crippen LogP contribution in [-0.4, -0.2) is 43.6 Å². The molecule has 3 rings (SSSR count). The Labute approximate surface area is 137 Å². The van der Waals surface area contributed by atoms with Gasteiger partial charge in [0, 0.05) is 26.2 Å². The molecule has 2 fully saturated rings. The van der Waals surface area contributed by atoms with Gasteiger partial charge in [0.15, 0.2) is 0 Å². The number of aliphatic hydroxyl groups is 1. The van der Waals surface area contributed by atoms with Gasteiger partial charge in [0.2, 0.25) is 0 Å². The Morgan fingerprint density at radius 3 is 2.61 bits per heavy atom. The van der Waals surface area contributed by atoms with Gasteiger partial charge in [-0.15, -0.1) is 0 Å². The number of hydrogen-bond acceptors (Lipinski definition) is 4. The average molecular weight is 322 g/mol. The molecule has 0 radical (unpaired) electrons. The molecule has 0 amide bonds. The van der Waals surface area contributed by atoms with Gasteiger partial charge in [0.05, 0.1) is 24.5 Å². The summed E-state index contributed by atoms with van der Waals surface area (Å²) in [6, 6.07) is 5.42. The number of hydrogen-bond donors (Lipinski definition) is 2. The second-order valence-corrected chi connectivity index (χ2v) is 6.77.